The van der Waals surface area contributed by atoms with Crippen molar-refractivity contribution in [3.63, 3.8) is 0 Å². The summed E-state index contributed by atoms with van der Waals surface area (Å²) < 4.78 is 0. The van der Waals surface area contributed by atoms with Crippen LogP contribution in [0.2, 0.25) is 0 Å². The van der Waals surface area contributed by atoms with Crippen LogP contribution in [0.4, 0.5) is 0 Å². The molecule has 2 aliphatic carbocycles. The Kier molecular flexibility index (Phi) is 3.33. The Morgan fingerprint density at radius 1 is 1.35 bits per heavy atom. The minimum absolute atomic E-state index is 0.0858. The molecule has 0 bridgehead atoms. The standard InChI is InChI=1S/C15H23BrO/c1-10-5-7-15(8-6-10)11(2)9-12(17)13(16)14(15,3)4/h5,9,12-13,17H,6-8H2,1-4H3/t12-,13+,15+/m0/s1. The van der Waals surface area contributed by atoms with Gasteiger partial charge in [0.25, 0.3) is 0 Å². The number of allylic oxidation sites excluding steroid dienone is 3. The number of aliphatic hydroxyl groups excluding tert-OH is 1. The minimum atomic E-state index is -0.359. The second-order valence-electron chi connectivity index (χ2n) is 6.30. The third-order valence-electron chi connectivity index (χ3n) is 5.14. The average Bonchev–Trinajstić information content (AvgIpc) is 2.27. The normalized spacial score (nSPS) is 41.1. The first-order valence-corrected chi connectivity index (χ1v) is 7.39. The molecule has 1 nitrogen and oxygen atoms in total. The number of alkyl halides is 1. The van der Waals surface area contributed by atoms with E-state index in [0.29, 0.717) is 0 Å². The summed E-state index contributed by atoms with van der Waals surface area (Å²) in [7, 11) is 0. The van der Waals surface area contributed by atoms with E-state index in [2.05, 4.69) is 55.8 Å². The highest BCUT2D eigenvalue weighted by atomic mass is 79.9. The van der Waals surface area contributed by atoms with Gasteiger partial charge in [-0.1, -0.05) is 53.1 Å². The number of aliphatic hydroxyl groups is 1. The molecule has 0 aromatic carbocycles. The molecule has 2 heteroatoms. The van der Waals surface area contributed by atoms with Crippen LogP contribution in [0.15, 0.2) is 23.3 Å². The van der Waals surface area contributed by atoms with Crippen LogP contribution in [0.1, 0.15) is 47.0 Å². The van der Waals surface area contributed by atoms with Crippen LogP contribution in [0.5, 0.6) is 0 Å². The maximum Gasteiger partial charge on any atom is 0.0854 e. The predicted octanol–water partition coefficient (Wildman–Crippen LogP) is 4.21. The molecule has 2 aliphatic rings. The van der Waals surface area contributed by atoms with Gasteiger partial charge in [0.1, 0.15) is 0 Å². The fourth-order valence-electron chi connectivity index (χ4n) is 3.61. The van der Waals surface area contributed by atoms with Crippen LogP contribution in [-0.2, 0) is 0 Å². The Bertz CT molecular complexity index is 380. The molecule has 2 rings (SSSR count). The zero-order valence-electron chi connectivity index (χ0n) is 11.3. The van der Waals surface area contributed by atoms with Gasteiger partial charge in [-0.2, -0.15) is 0 Å². The molecule has 17 heavy (non-hydrogen) atoms. The molecule has 0 radical (unpaired) electrons. The van der Waals surface area contributed by atoms with Crippen LogP contribution < -0.4 is 0 Å². The van der Waals surface area contributed by atoms with Crippen molar-refractivity contribution >= 4 is 15.9 Å². The molecule has 0 saturated heterocycles. The fourth-order valence-corrected chi connectivity index (χ4v) is 4.20. The molecule has 1 spiro atoms. The summed E-state index contributed by atoms with van der Waals surface area (Å²) in [6.07, 6.45) is 7.59. The number of rotatable bonds is 0. The third-order valence-corrected chi connectivity index (χ3v) is 6.83. The molecule has 0 fully saturated rings. The maximum absolute atomic E-state index is 10.1. The molecule has 0 aromatic heterocycles. The smallest absolute Gasteiger partial charge is 0.0854 e. The third kappa shape index (κ3) is 1.84. The largest absolute Gasteiger partial charge is 0.388 e. The lowest BCUT2D eigenvalue weighted by Crippen LogP contribution is -2.52. The van der Waals surface area contributed by atoms with Gasteiger partial charge in [-0.15, -0.1) is 0 Å². The van der Waals surface area contributed by atoms with Crippen molar-refractivity contribution in [2.75, 3.05) is 0 Å². The first-order chi connectivity index (χ1) is 7.81. The summed E-state index contributed by atoms with van der Waals surface area (Å²) in [5.41, 5.74) is 3.19. The Labute approximate surface area is 113 Å². The van der Waals surface area contributed by atoms with E-state index < -0.39 is 0 Å². The van der Waals surface area contributed by atoms with E-state index in [4.69, 9.17) is 0 Å². The summed E-state index contributed by atoms with van der Waals surface area (Å²) in [6.45, 7) is 9.00. The van der Waals surface area contributed by atoms with Crippen molar-refractivity contribution < 1.29 is 5.11 Å². The molecule has 1 N–H and O–H groups in total. The second-order valence-corrected chi connectivity index (χ2v) is 7.29. The number of hydrogen-bond acceptors (Lipinski definition) is 1. The Morgan fingerprint density at radius 2 is 2.00 bits per heavy atom. The van der Waals surface area contributed by atoms with E-state index in [1.807, 2.05) is 0 Å². The molecule has 0 aromatic rings. The van der Waals surface area contributed by atoms with Crippen molar-refractivity contribution in [2.45, 2.75) is 57.9 Å². The van der Waals surface area contributed by atoms with E-state index in [1.165, 1.54) is 24.0 Å². The quantitative estimate of drug-likeness (QED) is 0.524. The highest BCUT2D eigenvalue weighted by Gasteiger charge is 2.53. The Balaban J connectivity index is 2.48. The van der Waals surface area contributed by atoms with Gasteiger partial charge >= 0.3 is 0 Å². The van der Waals surface area contributed by atoms with E-state index in [0.717, 1.165) is 6.42 Å². The first-order valence-electron chi connectivity index (χ1n) is 6.48. The van der Waals surface area contributed by atoms with Gasteiger partial charge in [0, 0.05) is 5.41 Å². The van der Waals surface area contributed by atoms with E-state index in [1.54, 1.807) is 0 Å². The van der Waals surface area contributed by atoms with Gasteiger partial charge in [0.15, 0.2) is 0 Å². The highest BCUT2D eigenvalue weighted by molar-refractivity contribution is 9.09. The van der Waals surface area contributed by atoms with E-state index >= 15 is 0 Å². The molecule has 3 atom stereocenters. The van der Waals surface area contributed by atoms with Gasteiger partial charge in [-0.25, -0.2) is 0 Å². The van der Waals surface area contributed by atoms with Crippen molar-refractivity contribution in [3.8, 4) is 0 Å². The monoisotopic (exact) mass is 298 g/mol. The van der Waals surface area contributed by atoms with Crippen molar-refractivity contribution in [2.24, 2.45) is 10.8 Å². The summed E-state index contributed by atoms with van der Waals surface area (Å²) in [4.78, 5) is 0.144. The van der Waals surface area contributed by atoms with Gasteiger partial charge in [-0.05, 0) is 38.5 Å². The first kappa shape index (κ1) is 13.4. The SMILES string of the molecule is CC1=CC[C@@]2(CC1)C(C)=C[C@H](O)[C@@H](Br)C2(C)C. The topological polar surface area (TPSA) is 20.2 Å². The minimum Gasteiger partial charge on any atom is -0.388 e. The molecular weight excluding hydrogens is 276 g/mol. The average molecular weight is 299 g/mol. The lowest BCUT2D eigenvalue weighted by Gasteiger charge is -2.55. The molecular formula is C15H23BrO. The van der Waals surface area contributed by atoms with Crippen molar-refractivity contribution in [1.29, 1.82) is 0 Å². The maximum atomic E-state index is 10.1. The van der Waals surface area contributed by atoms with Gasteiger partial charge in [0.05, 0.1) is 10.9 Å². The molecule has 0 amide bonds. The predicted molar refractivity (Wildman–Crippen MR) is 76.3 cm³/mol. The van der Waals surface area contributed by atoms with Crippen molar-refractivity contribution in [3.05, 3.63) is 23.3 Å². The Hall–Kier alpha value is -0.0800. The van der Waals surface area contributed by atoms with E-state index in [9.17, 15) is 5.11 Å². The molecule has 0 aliphatic heterocycles. The van der Waals surface area contributed by atoms with Crippen LogP contribution in [0, 0.1) is 10.8 Å². The van der Waals surface area contributed by atoms with Crippen LogP contribution in [0.3, 0.4) is 0 Å². The number of hydrogen-bond donors (Lipinski definition) is 1. The summed E-state index contributed by atoms with van der Waals surface area (Å²) >= 11 is 3.71. The van der Waals surface area contributed by atoms with Gasteiger partial charge < -0.3 is 5.11 Å². The zero-order chi connectivity index (χ0) is 12.8. The van der Waals surface area contributed by atoms with Gasteiger partial charge in [-0.3, -0.25) is 0 Å². The zero-order valence-corrected chi connectivity index (χ0v) is 12.8. The van der Waals surface area contributed by atoms with E-state index in [-0.39, 0.29) is 21.8 Å². The van der Waals surface area contributed by atoms with Crippen molar-refractivity contribution in [1.82, 2.24) is 0 Å². The summed E-state index contributed by atoms with van der Waals surface area (Å²) in [5.74, 6) is 0. The van der Waals surface area contributed by atoms with Crippen LogP contribution in [0.25, 0.3) is 0 Å². The molecule has 96 valence electrons. The number of halogens is 1. The highest BCUT2D eigenvalue weighted by Crippen LogP contribution is 2.59. The lowest BCUT2D eigenvalue weighted by atomic mass is 9.52. The lowest BCUT2D eigenvalue weighted by molar-refractivity contribution is 0.0357. The molecule has 0 saturated carbocycles. The fraction of sp³-hybridized carbons (Fsp3) is 0.733. The van der Waals surface area contributed by atoms with Crippen LogP contribution >= 0.6 is 15.9 Å². The van der Waals surface area contributed by atoms with Crippen LogP contribution in [-0.4, -0.2) is 16.0 Å². The van der Waals surface area contributed by atoms with Gasteiger partial charge in [0.2, 0.25) is 0 Å². The summed E-state index contributed by atoms with van der Waals surface area (Å²) in [5, 5.41) is 10.1. The molecule has 0 unspecified atom stereocenters. The molecule has 0 heterocycles. The second kappa shape index (κ2) is 4.24. The summed E-state index contributed by atoms with van der Waals surface area (Å²) in [6, 6.07) is 0. The Morgan fingerprint density at radius 3 is 2.53 bits per heavy atom.